The number of benzene rings is 1. The summed E-state index contributed by atoms with van der Waals surface area (Å²) in [6.07, 6.45) is 0.617. The zero-order chi connectivity index (χ0) is 25.6. The first-order valence-electron chi connectivity index (χ1n) is 11.7. The number of imide groups is 1. The predicted octanol–water partition coefficient (Wildman–Crippen LogP) is 1.22. The Hall–Kier alpha value is -4.22. The summed E-state index contributed by atoms with van der Waals surface area (Å²) in [5.41, 5.74) is 0.351. The van der Waals surface area contributed by atoms with Gasteiger partial charge in [0.2, 0.25) is 5.91 Å². The highest BCUT2D eigenvalue weighted by atomic mass is 16.6. The summed E-state index contributed by atoms with van der Waals surface area (Å²) in [7, 11) is 1.55. The van der Waals surface area contributed by atoms with Gasteiger partial charge in [-0.3, -0.25) is 29.4 Å². The number of likely N-dealkylation sites (tertiary alicyclic amines) is 1. The van der Waals surface area contributed by atoms with Gasteiger partial charge in [0.25, 0.3) is 5.91 Å². The van der Waals surface area contributed by atoms with Crippen LogP contribution in [0.15, 0.2) is 41.2 Å². The average Bonchev–Trinajstić information content (AvgIpc) is 3.12. The molecule has 4 amide bonds. The normalized spacial score (nSPS) is 22.8. The fourth-order valence-electron chi connectivity index (χ4n) is 5.36. The van der Waals surface area contributed by atoms with Crippen LogP contribution in [-0.4, -0.2) is 63.4 Å². The lowest BCUT2D eigenvalue weighted by Gasteiger charge is -2.42. The summed E-state index contributed by atoms with van der Waals surface area (Å²) >= 11 is 0. The number of hydrogen-bond donors (Lipinski definition) is 1. The minimum absolute atomic E-state index is 0.0275. The molecule has 4 heterocycles. The predicted molar refractivity (Wildman–Crippen MR) is 125 cm³/mol. The molecule has 2 fully saturated rings. The molecule has 3 atom stereocenters. The number of urea groups is 1. The molecule has 12 nitrogen and oxygen atoms in total. The molecule has 3 aliphatic heterocycles. The Morgan fingerprint density at radius 2 is 1.86 bits per heavy atom. The number of carbonyl (C=O) groups excluding carboxylic acids is 3. The Bertz CT molecular complexity index is 1300. The maximum Gasteiger partial charge on any atom is 0.334 e. The van der Waals surface area contributed by atoms with Crippen molar-refractivity contribution in [3.63, 3.8) is 0 Å². The molecule has 1 N–H and O–H groups in total. The van der Waals surface area contributed by atoms with Gasteiger partial charge in [-0.05, 0) is 36.1 Å². The zero-order valence-electron chi connectivity index (χ0n) is 19.6. The van der Waals surface area contributed by atoms with E-state index in [1.54, 1.807) is 42.3 Å². The third-order valence-electron chi connectivity index (χ3n) is 7.12. The van der Waals surface area contributed by atoms with Crippen LogP contribution in [0.2, 0.25) is 0 Å². The highest BCUT2D eigenvalue weighted by Gasteiger charge is 2.42. The van der Waals surface area contributed by atoms with Gasteiger partial charge in [-0.2, -0.15) is 0 Å². The molecule has 0 saturated carbocycles. The molecule has 12 heteroatoms. The number of aromatic nitrogens is 1. The lowest BCUT2D eigenvalue weighted by Crippen LogP contribution is -2.50. The average molecular weight is 495 g/mol. The van der Waals surface area contributed by atoms with Crippen LogP contribution in [0.5, 0.6) is 5.75 Å². The van der Waals surface area contributed by atoms with Gasteiger partial charge in [-0.1, -0.05) is 12.1 Å². The van der Waals surface area contributed by atoms with Crippen molar-refractivity contribution < 1.29 is 24.0 Å². The van der Waals surface area contributed by atoms with E-state index < -0.39 is 34.2 Å². The van der Waals surface area contributed by atoms with Crippen LogP contribution in [0.25, 0.3) is 0 Å². The second kappa shape index (κ2) is 9.10. The van der Waals surface area contributed by atoms with Crippen LogP contribution >= 0.6 is 0 Å². The van der Waals surface area contributed by atoms with Gasteiger partial charge >= 0.3 is 17.3 Å². The van der Waals surface area contributed by atoms with Crippen LogP contribution < -0.4 is 15.6 Å². The minimum atomic E-state index is -0.942. The smallest absolute Gasteiger partial charge is 0.334 e. The maximum absolute atomic E-state index is 13.1. The standard InChI is InChI=1S/C24H25N5O7/c1-36-17-4-2-14(3-5-17)11-28-22(31)18(25-24(28)33)9-21(30)26-10-15-8-16(13-26)19-6-7-20(29(34)35)23(32)27(19)12-15/h2-7,15-16,18H,8-13H2,1H3,(H,25,33). The number of ether oxygens (including phenoxy) is 1. The Morgan fingerprint density at radius 1 is 1.11 bits per heavy atom. The Morgan fingerprint density at radius 3 is 2.56 bits per heavy atom. The highest BCUT2D eigenvalue weighted by molar-refractivity contribution is 6.05. The second-order valence-corrected chi connectivity index (χ2v) is 9.39. The number of amides is 4. The van der Waals surface area contributed by atoms with Crippen molar-refractivity contribution >= 4 is 23.5 Å². The van der Waals surface area contributed by atoms with Crippen molar-refractivity contribution in [2.75, 3.05) is 20.2 Å². The molecule has 3 aliphatic rings. The summed E-state index contributed by atoms with van der Waals surface area (Å²) in [5.74, 6) is -0.204. The summed E-state index contributed by atoms with van der Waals surface area (Å²) in [6.45, 7) is 1.11. The number of fused-ring (bicyclic) bond motifs is 4. The minimum Gasteiger partial charge on any atom is -0.497 e. The Balaban J connectivity index is 1.25. The first-order valence-corrected chi connectivity index (χ1v) is 11.7. The van der Waals surface area contributed by atoms with E-state index in [-0.39, 0.29) is 30.7 Å². The molecule has 36 heavy (non-hydrogen) atoms. The molecular weight excluding hydrogens is 470 g/mol. The van der Waals surface area contributed by atoms with Gasteiger partial charge in [-0.25, -0.2) is 4.79 Å². The van der Waals surface area contributed by atoms with Crippen molar-refractivity contribution in [2.24, 2.45) is 5.92 Å². The molecule has 2 bridgehead atoms. The van der Waals surface area contributed by atoms with E-state index in [1.807, 2.05) is 0 Å². The number of rotatable bonds is 6. The first kappa shape index (κ1) is 23.5. The quantitative estimate of drug-likeness (QED) is 0.360. The van der Waals surface area contributed by atoms with Crippen LogP contribution in [0.1, 0.15) is 30.0 Å². The van der Waals surface area contributed by atoms with Crippen molar-refractivity contribution in [2.45, 2.75) is 37.9 Å². The number of carbonyl (C=O) groups is 3. The fourth-order valence-corrected chi connectivity index (χ4v) is 5.36. The second-order valence-electron chi connectivity index (χ2n) is 9.39. The molecule has 2 saturated heterocycles. The molecule has 2 aromatic rings. The van der Waals surface area contributed by atoms with Gasteiger partial charge in [0.1, 0.15) is 11.8 Å². The zero-order valence-corrected chi connectivity index (χ0v) is 19.6. The van der Waals surface area contributed by atoms with E-state index in [0.29, 0.717) is 31.1 Å². The number of methoxy groups -OCH3 is 1. The van der Waals surface area contributed by atoms with Crippen LogP contribution in [-0.2, 0) is 22.7 Å². The molecule has 3 unspecified atom stereocenters. The molecule has 1 aromatic carbocycles. The van der Waals surface area contributed by atoms with Gasteiger partial charge in [0.15, 0.2) is 0 Å². The SMILES string of the molecule is COc1ccc(CN2C(=O)NC(CC(=O)N3CC4CC(C3)c3ccc([N+](=O)[O-])c(=O)n3C4)C2=O)cc1. The number of pyridine rings is 1. The van der Waals surface area contributed by atoms with E-state index >= 15 is 0 Å². The van der Waals surface area contributed by atoms with E-state index in [0.717, 1.165) is 16.9 Å². The topological polar surface area (TPSA) is 144 Å². The molecule has 5 rings (SSSR count). The Kier molecular flexibility index (Phi) is 5.94. The third kappa shape index (κ3) is 4.18. The summed E-state index contributed by atoms with van der Waals surface area (Å²) in [5, 5.41) is 13.7. The largest absolute Gasteiger partial charge is 0.497 e. The van der Waals surface area contributed by atoms with Gasteiger partial charge in [0, 0.05) is 37.3 Å². The van der Waals surface area contributed by atoms with E-state index in [1.165, 1.54) is 10.6 Å². The van der Waals surface area contributed by atoms with Crippen LogP contribution in [0, 0.1) is 16.0 Å². The molecule has 0 aliphatic carbocycles. The van der Waals surface area contributed by atoms with Crippen molar-refractivity contribution in [3.05, 3.63) is 68.1 Å². The summed E-state index contributed by atoms with van der Waals surface area (Å²) < 4.78 is 6.58. The van der Waals surface area contributed by atoms with E-state index in [2.05, 4.69) is 5.32 Å². The van der Waals surface area contributed by atoms with Gasteiger partial charge in [0.05, 0.1) is 25.0 Å². The number of nitrogens with one attached hydrogen (secondary N) is 1. The van der Waals surface area contributed by atoms with Crippen molar-refractivity contribution in [1.29, 1.82) is 0 Å². The third-order valence-corrected chi connectivity index (χ3v) is 7.12. The molecule has 0 spiro atoms. The van der Waals surface area contributed by atoms with Gasteiger partial charge < -0.3 is 19.5 Å². The molecular formula is C24H25N5O7. The van der Waals surface area contributed by atoms with E-state index in [4.69, 9.17) is 4.74 Å². The molecule has 188 valence electrons. The van der Waals surface area contributed by atoms with Gasteiger partial charge in [-0.15, -0.1) is 0 Å². The summed E-state index contributed by atoms with van der Waals surface area (Å²) in [4.78, 5) is 64.2. The van der Waals surface area contributed by atoms with E-state index in [9.17, 15) is 29.3 Å². The lowest BCUT2D eigenvalue weighted by atomic mass is 9.83. The fraction of sp³-hybridized carbons (Fsp3) is 0.417. The molecule has 1 aromatic heterocycles. The van der Waals surface area contributed by atoms with Crippen molar-refractivity contribution in [3.8, 4) is 5.75 Å². The number of piperidine rings is 1. The first-order chi connectivity index (χ1) is 17.2. The monoisotopic (exact) mass is 495 g/mol. The summed E-state index contributed by atoms with van der Waals surface area (Å²) in [6, 6.07) is 8.34. The number of nitro groups is 1. The van der Waals surface area contributed by atoms with Crippen LogP contribution in [0.4, 0.5) is 10.5 Å². The highest BCUT2D eigenvalue weighted by Crippen LogP contribution is 2.36. The molecule has 0 radical (unpaired) electrons. The van der Waals surface area contributed by atoms with Crippen LogP contribution in [0.3, 0.4) is 0 Å². The lowest BCUT2D eigenvalue weighted by molar-refractivity contribution is -0.386. The number of nitrogens with zero attached hydrogens (tertiary/aromatic N) is 4. The maximum atomic E-state index is 13.1. The number of hydrogen-bond acceptors (Lipinski definition) is 7. The van der Waals surface area contributed by atoms with Crippen molar-refractivity contribution in [1.82, 2.24) is 19.7 Å². The Labute approximate surface area is 205 Å².